The van der Waals surface area contributed by atoms with Crippen molar-refractivity contribution in [2.75, 3.05) is 0 Å². The topological polar surface area (TPSA) is 4.93 Å². The molecule has 0 aliphatic carbocycles. The first-order valence-electron chi connectivity index (χ1n) is 4.76. The van der Waals surface area contributed by atoms with Crippen molar-refractivity contribution in [3.05, 3.63) is 34.9 Å². The molecule has 1 aromatic heterocycles. The SMILES string of the molecule is CC(C)(C)n1ccc2cccc(Br)c21. The third kappa shape index (κ3) is 1.48. The van der Waals surface area contributed by atoms with Gasteiger partial charge in [-0.25, -0.2) is 0 Å². The predicted molar refractivity (Wildman–Crippen MR) is 64.6 cm³/mol. The molecule has 0 N–H and O–H groups in total. The summed E-state index contributed by atoms with van der Waals surface area (Å²) in [6.45, 7) is 6.64. The van der Waals surface area contributed by atoms with E-state index in [4.69, 9.17) is 0 Å². The summed E-state index contributed by atoms with van der Waals surface area (Å²) in [5, 5.41) is 1.29. The maximum absolute atomic E-state index is 3.60. The van der Waals surface area contributed by atoms with Crippen LogP contribution in [0.1, 0.15) is 20.8 Å². The molecule has 1 heterocycles. The van der Waals surface area contributed by atoms with Gasteiger partial charge in [0.05, 0.1) is 5.52 Å². The zero-order valence-electron chi connectivity index (χ0n) is 8.71. The fraction of sp³-hybridized carbons (Fsp3) is 0.333. The second kappa shape index (κ2) is 3.13. The van der Waals surface area contributed by atoms with Gasteiger partial charge in [0.1, 0.15) is 0 Å². The molecule has 0 bridgehead atoms. The summed E-state index contributed by atoms with van der Waals surface area (Å²) in [7, 11) is 0. The lowest BCUT2D eigenvalue weighted by atomic mass is 10.1. The summed E-state index contributed by atoms with van der Waals surface area (Å²) < 4.78 is 3.46. The lowest BCUT2D eigenvalue weighted by Gasteiger charge is -2.23. The smallest absolute Gasteiger partial charge is 0.0629 e. The van der Waals surface area contributed by atoms with Crippen LogP contribution in [-0.2, 0) is 5.54 Å². The van der Waals surface area contributed by atoms with Gasteiger partial charge in [-0.1, -0.05) is 12.1 Å². The van der Waals surface area contributed by atoms with Gasteiger partial charge in [0.15, 0.2) is 0 Å². The van der Waals surface area contributed by atoms with Gasteiger partial charge in [0, 0.05) is 21.6 Å². The van der Waals surface area contributed by atoms with Crippen molar-refractivity contribution in [1.82, 2.24) is 4.57 Å². The monoisotopic (exact) mass is 251 g/mol. The van der Waals surface area contributed by atoms with Gasteiger partial charge in [0.25, 0.3) is 0 Å². The number of benzene rings is 1. The Morgan fingerprint density at radius 1 is 1.14 bits per heavy atom. The fourth-order valence-corrected chi connectivity index (χ4v) is 2.28. The quantitative estimate of drug-likeness (QED) is 0.663. The van der Waals surface area contributed by atoms with Crippen molar-refractivity contribution in [1.29, 1.82) is 0 Å². The number of rotatable bonds is 0. The van der Waals surface area contributed by atoms with Crippen LogP contribution in [0.25, 0.3) is 10.9 Å². The summed E-state index contributed by atoms with van der Waals surface area (Å²) in [6.07, 6.45) is 2.15. The van der Waals surface area contributed by atoms with Crippen LogP contribution in [0.2, 0.25) is 0 Å². The molecule has 0 saturated heterocycles. The Morgan fingerprint density at radius 2 is 1.86 bits per heavy atom. The van der Waals surface area contributed by atoms with E-state index in [0.717, 1.165) is 4.47 Å². The molecule has 0 unspecified atom stereocenters. The number of halogens is 1. The van der Waals surface area contributed by atoms with E-state index in [-0.39, 0.29) is 5.54 Å². The lowest BCUT2D eigenvalue weighted by Crippen LogP contribution is -2.20. The maximum atomic E-state index is 3.60. The van der Waals surface area contributed by atoms with E-state index in [1.54, 1.807) is 0 Å². The molecule has 14 heavy (non-hydrogen) atoms. The first-order chi connectivity index (χ1) is 6.50. The van der Waals surface area contributed by atoms with Crippen LogP contribution in [-0.4, -0.2) is 4.57 Å². The van der Waals surface area contributed by atoms with Crippen LogP contribution < -0.4 is 0 Å². The van der Waals surface area contributed by atoms with Gasteiger partial charge in [0.2, 0.25) is 0 Å². The Bertz CT molecular complexity index is 463. The fourth-order valence-electron chi connectivity index (χ4n) is 1.71. The number of para-hydroxylation sites is 1. The minimum absolute atomic E-state index is 0.131. The van der Waals surface area contributed by atoms with Crippen LogP contribution in [0.3, 0.4) is 0 Å². The first kappa shape index (κ1) is 9.78. The number of nitrogens with zero attached hydrogens (tertiary/aromatic N) is 1. The summed E-state index contributed by atoms with van der Waals surface area (Å²) in [4.78, 5) is 0. The van der Waals surface area contributed by atoms with Gasteiger partial charge in [-0.2, -0.15) is 0 Å². The van der Waals surface area contributed by atoms with E-state index in [1.807, 2.05) is 0 Å². The van der Waals surface area contributed by atoms with E-state index >= 15 is 0 Å². The molecule has 2 heteroatoms. The molecule has 0 saturated carbocycles. The van der Waals surface area contributed by atoms with Gasteiger partial charge in [-0.15, -0.1) is 0 Å². The minimum Gasteiger partial charge on any atom is -0.341 e. The zero-order valence-corrected chi connectivity index (χ0v) is 10.3. The Balaban J connectivity index is 2.80. The number of hydrogen-bond donors (Lipinski definition) is 0. The number of aromatic nitrogens is 1. The van der Waals surface area contributed by atoms with Crippen LogP contribution in [0, 0.1) is 0 Å². The largest absolute Gasteiger partial charge is 0.341 e. The average Bonchev–Trinajstić information content (AvgIpc) is 2.47. The second-order valence-electron chi connectivity index (χ2n) is 4.53. The molecule has 2 rings (SSSR count). The average molecular weight is 252 g/mol. The van der Waals surface area contributed by atoms with Crippen molar-refractivity contribution in [2.24, 2.45) is 0 Å². The summed E-state index contributed by atoms with van der Waals surface area (Å²) in [5.41, 5.74) is 1.41. The first-order valence-corrected chi connectivity index (χ1v) is 5.55. The van der Waals surface area contributed by atoms with Crippen molar-refractivity contribution < 1.29 is 0 Å². The van der Waals surface area contributed by atoms with Crippen LogP contribution >= 0.6 is 15.9 Å². The molecular weight excluding hydrogens is 238 g/mol. The highest BCUT2D eigenvalue weighted by molar-refractivity contribution is 9.10. The van der Waals surface area contributed by atoms with Gasteiger partial charge in [-0.3, -0.25) is 0 Å². The maximum Gasteiger partial charge on any atom is 0.0629 e. The molecule has 0 aliphatic heterocycles. The standard InChI is InChI=1S/C12H14BrN/c1-12(2,3)14-8-7-9-5-4-6-10(13)11(9)14/h4-8H,1-3H3. The molecule has 74 valence electrons. The van der Waals surface area contributed by atoms with Crippen molar-refractivity contribution in [2.45, 2.75) is 26.3 Å². The Kier molecular flexibility index (Phi) is 2.18. The number of hydrogen-bond acceptors (Lipinski definition) is 0. The van der Waals surface area contributed by atoms with E-state index in [0.29, 0.717) is 0 Å². The van der Waals surface area contributed by atoms with Gasteiger partial charge >= 0.3 is 0 Å². The van der Waals surface area contributed by atoms with E-state index < -0.39 is 0 Å². The molecular formula is C12H14BrN. The van der Waals surface area contributed by atoms with Crippen LogP contribution in [0.5, 0.6) is 0 Å². The predicted octanol–water partition coefficient (Wildman–Crippen LogP) is 4.16. The Labute approximate surface area is 92.9 Å². The van der Waals surface area contributed by atoms with Crippen LogP contribution in [0.4, 0.5) is 0 Å². The van der Waals surface area contributed by atoms with Gasteiger partial charge in [-0.05, 0) is 48.8 Å². The summed E-state index contributed by atoms with van der Waals surface area (Å²) in [6, 6.07) is 8.46. The molecule has 1 nitrogen and oxygen atoms in total. The summed E-state index contributed by atoms with van der Waals surface area (Å²) in [5.74, 6) is 0. The van der Waals surface area contributed by atoms with E-state index in [1.165, 1.54) is 10.9 Å². The molecule has 0 fully saturated rings. The van der Waals surface area contributed by atoms with Gasteiger partial charge < -0.3 is 4.57 Å². The van der Waals surface area contributed by atoms with Crippen molar-refractivity contribution in [3.8, 4) is 0 Å². The Hall–Kier alpha value is -0.760. The normalized spacial score (nSPS) is 12.3. The highest BCUT2D eigenvalue weighted by Crippen LogP contribution is 2.29. The molecule has 0 spiro atoms. The van der Waals surface area contributed by atoms with Crippen molar-refractivity contribution >= 4 is 26.8 Å². The third-order valence-corrected chi connectivity index (χ3v) is 3.02. The van der Waals surface area contributed by atoms with Crippen LogP contribution in [0.15, 0.2) is 34.9 Å². The molecule has 2 aromatic rings. The summed E-state index contributed by atoms with van der Waals surface area (Å²) >= 11 is 3.60. The molecule has 0 aliphatic rings. The molecule has 0 radical (unpaired) electrons. The van der Waals surface area contributed by atoms with Crippen molar-refractivity contribution in [3.63, 3.8) is 0 Å². The Morgan fingerprint density at radius 3 is 2.50 bits per heavy atom. The zero-order chi connectivity index (χ0) is 10.3. The van der Waals surface area contributed by atoms with E-state index in [9.17, 15) is 0 Å². The molecule has 0 amide bonds. The minimum atomic E-state index is 0.131. The highest BCUT2D eigenvalue weighted by atomic mass is 79.9. The van der Waals surface area contributed by atoms with E-state index in [2.05, 4.69) is 71.7 Å². The number of fused-ring (bicyclic) bond motifs is 1. The second-order valence-corrected chi connectivity index (χ2v) is 5.39. The molecule has 1 aromatic carbocycles. The molecule has 0 atom stereocenters. The lowest BCUT2D eigenvalue weighted by molar-refractivity contribution is 0.410. The third-order valence-electron chi connectivity index (χ3n) is 2.38. The highest BCUT2D eigenvalue weighted by Gasteiger charge is 2.15.